The van der Waals surface area contributed by atoms with Crippen molar-refractivity contribution in [2.24, 2.45) is 5.41 Å². The smallest absolute Gasteiger partial charge is 0.157 e. The predicted molar refractivity (Wildman–Crippen MR) is 63.0 cm³/mol. The number of hydrogen-bond donors (Lipinski definition) is 1. The first-order chi connectivity index (χ1) is 6.76. The molecular weight excluding hydrogens is 188 g/mol. The summed E-state index contributed by atoms with van der Waals surface area (Å²) >= 11 is 0. The fraction of sp³-hybridized carbons (Fsp3) is 0.917. The van der Waals surface area contributed by atoms with E-state index in [9.17, 15) is 4.79 Å². The van der Waals surface area contributed by atoms with E-state index < -0.39 is 0 Å². The van der Waals surface area contributed by atoms with Gasteiger partial charge in [0.1, 0.15) is 0 Å². The van der Waals surface area contributed by atoms with Crippen LogP contribution >= 0.6 is 0 Å². The minimum absolute atomic E-state index is 0.256. The van der Waals surface area contributed by atoms with E-state index in [4.69, 9.17) is 0 Å². The zero-order valence-corrected chi connectivity index (χ0v) is 10.7. The first-order valence-corrected chi connectivity index (χ1v) is 5.77. The molecule has 1 fully saturated rings. The zero-order chi connectivity index (χ0) is 11.7. The van der Waals surface area contributed by atoms with Gasteiger partial charge >= 0.3 is 0 Å². The lowest BCUT2D eigenvalue weighted by atomic mass is 9.79. The van der Waals surface area contributed by atoms with Crippen LogP contribution in [0.5, 0.6) is 0 Å². The van der Waals surface area contributed by atoms with E-state index in [0.717, 1.165) is 26.2 Å². The van der Waals surface area contributed by atoms with Gasteiger partial charge < -0.3 is 5.32 Å². The maximum atomic E-state index is 12.3. The van der Waals surface area contributed by atoms with Gasteiger partial charge in [-0.3, -0.25) is 9.69 Å². The van der Waals surface area contributed by atoms with Crippen molar-refractivity contribution in [3.05, 3.63) is 0 Å². The Morgan fingerprint density at radius 1 is 1.07 bits per heavy atom. The fourth-order valence-corrected chi connectivity index (χ4v) is 2.29. The third-order valence-electron chi connectivity index (χ3n) is 3.14. The Hall–Kier alpha value is -0.410. The Kier molecular flexibility index (Phi) is 3.56. The standard InChI is InChI=1S/C12H24N2O/c1-11(2,3)10(15)12(4,5)14-8-6-13-7-9-14/h13H,6-9H2,1-5H3. The molecule has 0 aromatic heterocycles. The van der Waals surface area contributed by atoms with E-state index >= 15 is 0 Å². The number of hydrogen-bond acceptors (Lipinski definition) is 3. The zero-order valence-electron chi connectivity index (χ0n) is 10.7. The Bertz CT molecular complexity index is 234. The molecule has 3 heteroatoms. The van der Waals surface area contributed by atoms with Crippen molar-refractivity contribution in [2.75, 3.05) is 26.2 Å². The normalized spacial score (nSPS) is 20.3. The molecule has 0 aliphatic carbocycles. The lowest BCUT2D eigenvalue weighted by Gasteiger charge is -2.42. The summed E-state index contributed by atoms with van der Waals surface area (Å²) in [5.41, 5.74) is -0.589. The molecule has 15 heavy (non-hydrogen) atoms. The van der Waals surface area contributed by atoms with E-state index in [1.54, 1.807) is 0 Å². The van der Waals surface area contributed by atoms with Crippen LogP contribution in [0.25, 0.3) is 0 Å². The maximum Gasteiger partial charge on any atom is 0.157 e. The van der Waals surface area contributed by atoms with Crippen molar-refractivity contribution in [1.29, 1.82) is 0 Å². The summed E-state index contributed by atoms with van der Waals surface area (Å²) in [6.45, 7) is 14.0. The molecule has 0 saturated carbocycles. The summed E-state index contributed by atoms with van der Waals surface area (Å²) < 4.78 is 0. The first-order valence-electron chi connectivity index (χ1n) is 5.77. The van der Waals surface area contributed by atoms with Crippen LogP contribution in [0.2, 0.25) is 0 Å². The fourth-order valence-electron chi connectivity index (χ4n) is 2.29. The molecule has 1 aliphatic rings. The van der Waals surface area contributed by atoms with Gasteiger partial charge in [-0.05, 0) is 13.8 Å². The number of rotatable bonds is 2. The van der Waals surface area contributed by atoms with E-state index in [2.05, 4.69) is 10.2 Å². The van der Waals surface area contributed by atoms with Gasteiger partial charge in [0, 0.05) is 31.6 Å². The molecule has 1 aliphatic heterocycles. The van der Waals surface area contributed by atoms with Crippen molar-refractivity contribution in [2.45, 2.75) is 40.2 Å². The average molecular weight is 212 g/mol. The summed E-state index contributed by atoms with van der Waals surface area (Å²) in [4.78, 5) is 14.6. The molecule has 0 unspecified atom stereocenters. The highest BCUT2D eigenvalue weighted by molar-refractivity contribution is 5.91. The highest BCUT2D eigenvalue weighted by Gasteiger charge is 2.40. The molecular formula is C12H24N2O. The van der Waals surface area contributed by atoms with Crippen LogP contribution in [0, 0.1) is 5.41 Å². The van der Waals surface area contributed by atoms with Crippen molar-refractivity contribution < 1.29 is 4.79 Å². The van der Waals surface area contributed by atoms with Gasteiger partial charge in [0.15, 0.2) is 5.78 Å². The second-order valence-electron chi connectivity index (χ2n) is 5.88. The van der Waals surface area contributed by atoms with E-state index in [0.29, 0.717) is 5.78 Å². The average Bonchev–Trinajstić information content (AvgIpc) is 2.16. The Labute approximate surface area is 93.2 Å². The number of Topliss-reactive ketones (excluding diaryl/α,β-unsaturated/α-hetero) is 1. The first kappa shape index (κ1) is 12.7. The van der Waals surface area contributed by atoms with Crippen LogP contribution in [0.15, 0.2) is 0 Å². The molecule has 0 amide bonds. The molecule has 3 nitrogen and oxygen atoms in total. The Balaban J connectivity index is 2.76. The van der Waals surface area contributed by atoms with Gasteiger partial charge in [-0.25, -0.2) is 0 Å². The lowest BCUT2D eigenvalue weighted by Crippen LogP contribution is -2.59. The minimum Gasteiger partial charge on any atom is -0.314 e. The quantitative estimate of drug-likeness (QED) is 0.748. The van der Waals surface area contributed by atoms with Gasteiger partial charge in [-0.15, -0.1) is 0 Å². The van der Waals surface area contributed by atoms with Gasteiger partial charge in [-0.1, -0.05) is 20.8 Å². The van der Waals surface area contributed by atoms with Crippen LogP contribution in [0.4, 0.5) is 0 Å². The molecule has 1 heterocycles. The molecule has 0 aromatic rings. The van der Waals surface area contributed by atoms with Crippen molar-refractivity contribution in [3.63, 3.8) is 0 Å². The van der Waals surface area contributed by atoms with Gasteiger partial charge in [0.2, 0.25) is 0 Å². The summed E-state index contributed by atoms with van der Waals surface area (Å²) in [6, 6.07) is 0. The predicted octanol–water partition coefficient (Wildman–Crippen LogP) is 1.29. The molecule has 1 N–H and O–H groups in total. The Morgan fingerprint density at radius 3 is 1.93 bits per heavy atom. The third kappa shape index (κ3) is 2.79. The summed E-state index contributed by atoms with van der Waals surface area (Å²) in [7, 11) is 0. The SMILES string of the molecule is CC(C)(C)C(=O)C(C)(C)N1CCNCC1. The Morgan fingerprint density at radius 2 is 1.53 bits per heavy atom. The number of nitrogens with zero attached hydrogens (tertiary/aromatic N) is 1. The second kappa shape index (κ2) is 4.22. The lowest BCUT2D eigenvalue weighted by molar-refractivity contribution is -0.137. The molecule has 0 atom stereocenters. The number of piperazine rings is 1. The van der Waals surface area contributed by atoms with Crippen molar-refractivity contribution in [1.82, 2.24) is 10.2 Å². The topological polar surface area (TPSA) is 32.3 Å². The number of ketones is 1. The van der Waals surface area contributed by atoms with E-state index in [-0.39, 0.29) is 11.0 Å². The van der Waals surface area contributed by atoms with Crippen LogP contribution < -0.4 is 5.32 Å². The highest BCUT2D eigenvalue weighted by atomic mass is 16.1. The van der Waals surface area contributed by atoms with Crippen LogP contribution in [0.3, 0.4) is 0 Å². The molecule has 1 saturated heterocycles. The van der Waals surface area contributed by atoms with Crippen LogP contribution in [-0.2, 0) is 4.79 Å². The molecule has 0 spiro atoms. The summed E-state index contributed by atoms with van der Waals surface area (Å²) in [6.07, 6.45) is 0. The maximum absolute atomic E-state index is 12.3. The van der Waals surface area contributed by atoms with Crippen LogP contribution in [0.1, 0.15) is 34.6 Å². The minimum atomic E-state index is -0.333. The number of nitrogens with one attached hydrogen (secondary N) is 1. The van der Waals surface area contributed by atoms with Gasteiger partial charge in [0.05, 0.1) is 5.54 Å². The van der Waals surface area contributed by atoms with E-state index in [1.165, 1.54) is 0 Å². The highest BCUT2D eigenvalue weighted by Crippen LogP contribution is 2.27. The molecule has 1 rings (SSSR count). The number of carbonyl (C=O) groups is 1. The molecule has 0 bridgehead atoms. The van der Waals surface area contributed by atoms with Crippen LogP contribution in [-0.4, -0.2) is 42.4 Å². The van der Waals surface area contributed by atoms with Gasteiger partial charge in [0.25, 0.3) is 0 Å². The summed E-state index contributed by atoms with van der Waals surface area (Å²) in [5.74, 6) is 0.330. The monoisotopic (exact) mass is 212 g/mol. The second-order valence-corrected chi connectivity index (χ2v) is 5.88. The summed E-state index contributed by atoms with van der Waals surface area (Å²) in [5, 5.41) is 3.31. The third-order valence-corrected chi connectivity index (χ3v) is 3.14. The largest absolute Gasteiger partial charge is 0.314 e. The van der Waals surface area contributed by atoms with Gasteiger partial charge in [-0.2, -0.15) is 0 Å². The van der Waals surface area contributed by atoms with E-state index in [1.807, 2.05) is 34.6 Å². The molecule has 0 aromatic carbocycles. The molecule has 88 valence electrons. The van der Waals surface area contributed by atoms with Crippen molar-refractivity contribution >= 4 is 5.78 Å². The molecule has 0 radical (unpaired) electrons. The van der Waals surface area contributed by atoms with Crippen molar-refractivity contribution in [3.8, 4) is 0 Å². The number of carbonyl (C=O) groups excluding carboxylic acids is 1.